The lowest BCUT2D eigenvalue weighted by molar-refractivity contribution is -0.134. The van der Waals surface area contributed by atoms with Gasteiger partial charge in [-0.25, -0.2) is 4.79 Å². The maximum Gasteiger partial charge on any atom is 0.315 e. The lowest BCUT2D eigenvalue weighted by Crippen LogP contribution is -2.53. The fraction of sp³-hybridized carbons (Fsp3) is 0.900. The molecule has 2 fully saturated rings. The van der Waals surface area contributed by atoms with Gasteiger partial charge < -0.3 is 21.3 Å². The number of nitrogens with zero attached hydrogens (tertiary/aromatic N) is 1. The summed E-state index contributed by atoms with van der Waals surface area (Å²) in [5, 5.41) is 6.00. The Hall–Kier alpha value is -1.01. The van der Waals surface area contributed by atoms with Gasteiger partial charge in [0.05, 0.1) is 0 Å². The van der Waals surface area contributed by atoms with Crippen LogP contribution >= 0.6 is 12.4 Å². The highest BCUT2D eigenvalue weighted by molar-refractivity contribution is 5.85. The first-order chi connectivity index (χ1) is 12.4. The van der Waals surface area contributed by atoms with Gasteiger partial charge in [0.2, 0.25) is 5.91 Å². The van der Waals surface area contributed by atoms with Gasteiger partial charge >= 0.3 is 6.03 Å². The number of halogens is 1. The van der Waals surface area contributed by atoms with E-state index in [-0.39, 0.29) is 35.8 Å². The van der Waals surface area contributed by atoms with Crippen molar-refractivity contribution in [1.29, 1.82) is 0 Å². The second kappa shape index (κ2) is 11.7. The molecular formula is C20H39ClN4O2. The number of hydrogen-bond donors (Lipinski definition) is 3. The zero-order chi connectivity index (χ0) is 19.0. The summed E-state index contributed by atoms with van der Waals surface area (Å²) in [5.41, 5.74) is 6.14. The van der Waals surface area contributed by atoms with Crippen molar-refractivity contribution in [3.8, 4) is 0 Å². The first kappa shape index (κ1) is 24.0. The number of unbranched alkanes of at least 4 members (excludes halogenated alkanes) is 2. The SMILES string of the molecule is CC1(C)CN(C(=O)CCCCCNC(=O)NC2CCCCC2)CCC1N.Cl. The quantitative estimate of drug-likeness (QED) is 0.571. The average Bonchev–Trinajstić information content (AvgIpc) is 2.61. The molecule has 1 aliphatic carbocycles. The number of nitrogens with two attached hydrogens (primary N) is 1. The first-order valence-corrected chi connectivity index (χ1v) is 10.5. The van der Waals surface area contributed by atoms with E-state index in [0.717, 1.165) is 51.6 Å². The van der Waals surface area contributed by atoms with Crippen molar-refractivity contribution in [3.05, 3.63) is 0 Å². The normalized spacial score (nSPS) is 22.6. The van der Waals surface area contributed by atoms with Crippen molar-refractivity contribution in [3.63, 3.8) is 0 Å². The predicted molar refractivity (Wildman–Crippen MR) is 112 cm³/mol. The minimum atomic E-state index is -0.0418. The Morgan fingerprint density at radius 3 is 2.44 bits per heavy atom. The fourth-order valence-corrected chi connectivity index (χ4v) is 4.01. The third kappa shape index (κ3) is 8.26. The average molecular weight is 403 g/mol. The molecule has 2 aliphatic rings. The van der Waals surface area contributed by atoms with E-state index in [1.165, 1.54) is 19.3 Å². The van der Waals surface area contributed by atoms with Crippen molar-refractivity contribution in [2.45, 2.75) is 90.1 Å². The van der Waals surface area contributed by atoms with Crippen molar-refractivity contribution >= 4 is 24.3 Å². The Morgan fingerprint density at radius 1 is 1.07 bits per heavy atom. The summed E-state index contributed by atoms with van der Waals surface area (Å²) in [6, 6.07) is 0.487. The number of nitrogens with one attached hydrogen (secondary N) is 2. The molecule has 1 aliphatic heterocycles. The molecule has 0 aromatic heterocycles. The Balaban J connectivity index is 0.00000364. The molecule has 0 radical (unpaired) electrons. The first-order valence-electron chi connectivity index (χ1n) is 10.5. The van der Waals surface area contributed by atoms with E-state index in [4.69, 9.17) is 5.73 Å². The van der Waals surface area contributed by atoms with Gasteiger partial charge in [0.25, 0.3) is 0 Å². The molecule has 27 heavy (non-hydrogen) atoms. The third-order valence-corrected chi connectivity index (χ3v) is 5.96. The summed E-state index contributed by atoms with van der Waals surface area (Å²) in [5.74, 6) is 0.243. The Morgan fingerprint density at radius 2 is 1.78 bits per heavy atom. The number of carbonyl (C=O) groups is 2. The van der Waals surface area contributed by atoms with Gasteiger partial charge in [0.1, 0.15) is 0 Å². The topological polar surface area (TPSA) is 87.5 Å². The molecule has 1 unspecified atom stereocenters. The molecule has 6 nitrogen and oxygen atoms in total. The van der Waals surface area contributed by atoms with Gasteiger partial charge in [-0.15, -0.1) is 12.4 Å². The van der Waals surface area contributed by atoms with Crippen LogP contribution in [-0.4, -0.2) is 48.6 Å². The summed E-state index contributed by atoms with van der Waals surface area (Å²) in [4.78, 5) is 26.2. The Bertz CT molecular complexity index is 467. The standard InChI is InChI=1S/C20H38N4O2.ClH/c1-20(2)15-24(14-12-17(20)21)18(25)11-7-4-8-13-22-19(26)23-16-9-5-3-6-10-16;/h16-17H,3-15,21H2,1-2H3,(H2,22,23,26);1H. The Labute approximate surface area is 170 Å². The van der Waals surface area contributed by atoms with E-state index in [0.29, 0.717) is 19.0 Å². The molecule has 1 heterocycles. The number of hydrogen-bond acceptors (Lipinski definition) is 3. The zero-order valence-electron chi connectivity index (χ0n) is 17.1. The smallest absolute Gasteiger partial charge is 0.315 e. The molecule has 0 aromatic rings. The predicted octanol–water partition coefficient (Wildman–Crippen LogP) is 3.19. The summed E-state index contributed by atoms with van der Waals surface area (Å²) >= 11 is 0. The maximum absolute atomic E-state index is 12.4. The molecule has 0 bridgehead atoms. The van der Waals surface area contributed by atoms with Crippen LogP contribution in [0.3, 0.4) is 0 Å². The molecule has 0 spiro atoms. The van der Waals surface area contributed by atoms with Crippen LogP contribution in [0.15, 0.2) is 0 Å². The highest BCUT2D eigenvalue weighted by Gasteiger charge is 2.34. The minimum Gasteiger partial charge on any atom is -0.342 e. The highest BCUT2D eigenvalue weighted by atomic mass is 35.5. The van der Waals surface area contributed by atoms with E-state index in [1.807, 2.05) is 4.90 Å². The highest BCUT2D eigenvalue weighted by Crippen LogP contribution is 2.28. The summed E-state index contributed by atoms with van der Waals surface area (Å²) in [6.07, 6.45) is 10.2. The molecule has 0 aromatic carbocycles. The Kier molecular flexibility index (Phi) is 10.5. The minimum absolute atomic E-state index is 0. The number of carbonyl (C=O) groups excluding carboxylic acids is 2. The number of piperidine rings is 1. The van der Waals surface area contributed by atoms with Gasteiger partial charge in [-0.2, -0.15) is 0 Å². The van der Waals surface area contributed by atoms with Crippen LogP contribution < -0.4 is 16.4 Å². The van der Waals surface area contributed by atoms with E-state index in [9.17, 15) is 9.59 Å². The van der Waals surface area contributed by atoms with Gasteiger partial charge in [-0.3, -0.25) is 4.79 Å². The van der Waals surface area contributed by atoms with Gasteiger partial charge in [0.15, 0.2) is 0 Å². The second-order valence-electron chi connectivity index (χ2n) is 8.74. The molecule has 1 atom stereocenters. The second-order valence-corrected chi connectivity index (χ2v) is 8.74. The molecule has 1 saturated heterocycles. The summed E-state index contributed by atoms with van der Waals surface area (Å²) in [6.45, 7) is 6.50. The largest absolute Gasteiger partial charge is 0.342 e. The van der Waals surface area contributed by atoms with Crippen molar-refractivity contribution < 1.29 is 9.59 Å². The summed E-state index contributed by atoms with van der Waals surface area (Å²) < 4.78 is 0. The molecule has 1 saturated carbocycles. The van der Waals surface area contributed by atoms with Crippen molar-refractivity contribution in [2.24, 2.45) is 11.1 Å². The number of urea groups is 1. The van der Waals surface area contributed by atoms with Crippen LogP contribution in [0, 0.1) is 5.41 Å². The van der Waals surface area contributed by atoms with Crippen LogP contribution in [0.4, 0.5) is 4.79 Å². The van der Waals surface area contributed by atoms with E-state index < -0.39 is 0 Å². The monoisotopic (exact) mass is 402 g/mol. The van der Waals surface area contributed by atoms with E-state index in [2.05, 4.69) is 24.5 Å². The fourth-order valence-electron chi connectivity index (χ4n) is 4.01. The maximum atomic E-state index is 12.4. The van der Waals surface area contributed by atoms with Gasteiger partial charge in [-0.1, -0.05) is 39.5 Å². The summed E-state index contributed by atoms with van der Waals surface area (Å²) in [7, 11) is 0. The van der Waals surface area contributed by atoms with Crippen molar-refractivity contribution in [1.82, 2.24) is 15.5 Å². The van der Waals surface area contributed by atoms with Crippen LogP contribution in [0.25, 0.3) is 0 Å². The zero-order valence-corrected chi connectivity index (χ0v) is 17.9. The van der Waals surface area contributed by atoms with Crippen LogP contribution in [0.1, 0.15) is 78.1 Å². The van der Waals surface area contributed by atoms with Gasteiger partial charge in [0, 0.05) is 38.1 Å². The number of rotatable bonds is 7. The molecule has 7 heteroatoms. The lowest BCUT2D eigenvalue weighted by atomic mass is 9.79. The molecule has 158 valence electrons. The van der Waals surface area contributed by atoms with E-state index >= 15 is 0 Å². The molecular weight excluding hydrogens is 364 g/mol. The van der Waals surface area contributed by atoms with Crippen molar-refractivity contribution in [2.75, 3.05) is 19.6 Å². The molecule has 2 rings (SSSR count). The molecule has 3 amide bonds. The number of likely N-dealkylation sites (tertiary alicyclic amines) is 1. The van der Waals surface area contributed by atoms with E-state index in [1.54, 1.807) is 0 Å². The van der Waals surface area contributed by atoms with Gasteiger partial charge in [-0.05, 0) is 37.5 Å². The van der Waals surface area contributed by atoms with Crippen LogP contribution in [0.5, 0.6) is 0 Å². The number of amides is 3. The lowest BCUT2D eigenvalue weighted by Gasteiger charge is -2.42. The third-order valence-electron chi connectivity index (χ3n) is 5.96. The van der Waals surface area contributed by atoms with Crippen LogP contribution in [-0.2, 0) is 4.79 Å². The van der Waals surface area contributed by atoms with Crippen LogP contribution in [0.2, 0.25) is 0 Å². The molecule has 4 N–H and O–H groups in total.